The van der Waals surface area contributed by atoms with Gasteiger partial charge in [0.2, 0.25) is 0 Å². The van der Waals surface area contributed by atoms with Gasteiger partial charge in [-0.2, -0.15) is 0 Å². The summed E-state index contributed by atoms with van der Waals surface area (Å²) in [4.78, 5) is 12.3. The van der Waals surface area contributed by atoms with Crippen molar-refractivity contribution in [3.05, 3.63) is 39.8 Å². The number of aliphatic hydroxyl groups excluding tert-OH is 1. The predicted molar refractivity (Wildman–Crippen MR) is 133 cm³/mol. The van der Waals surface area contributed by atoms with Crippen LogP contribution in [0.4, 0.5) is 0 Å². The Morgan fingerprint density at radius 2 is 2.03 bits per heavy atom. The van der Waals surface area contributed by atoms with Gasteiger partial charge in [0.05, 0.1) is 11.6 Å². The van der Waals surface area contributed by atoms with Gasteiger partial charge in [0.15, 0.2) is 8.32 Å². The highest BCUT2D eigenvalue weighted by Crippen LogP contribution is 2.46. The van der Waals surface area contributed by atoms with Gasteiger partial charge >= 0.3 is 5.97 Å². The standard InChI is InChI=1S/C25H35BrO5Si/c1-16(2)20-12-10-9-11-18(27)13-17(24(28)29-6)14-19-15-21(26)23(30-19)22(20)31-32(7,8)25(3,4)5/h14-15,18,20,22,27H,1,10,12-13H2,2-8H3/b17-14+/t18-,20+,22-/m1/s1. The fourth-order valence-electron chi connectivity index (χ4n) is 3.32. The van der Waals surface area contributed by atoms with Gasteiger partial charge in [0.25, 0.3) is 0 Å². The lowest BCUT2D eigenvalue weighted by molar-refractivity contribution is -0.136. The molecular formula is C25H35BrO5Si. The zero-order chi connectivity index (χ0) is 24.3. The maximum absolute atomic E-state index is 12.3. The zero-order valence-corrected chi connectivity index (χ0v) is 22.8. The van der Waals surface area contributed by atoms with Crippen molar-refractivity contribution in [2.45, 2.75) is 77.3 Å². The minimum Gasteiger partial charge on any atom is -0.466 e. The third kappa shape index (κ3) is 6.47. The number of rotatable bonds is 4. The summed E-state index contributed by atoms with van der Waals surface area (Å²) in [7, 11) is -0.851. The number of carbonyl (C=O) groups excluding carboxylic acids is 1. The number of fused-ring (bicyclic) bond motifs is 2. The summed E-state index contributed by atoms with van der Waals surface area (Å²) in [6.45, 7) is 17.3. The monoisotopic (exact) mass is 522 g/mol. The Balaban J connectivity index is 2.66. The molecule has 0 spiro atoms. The summed E-state index contributed by atoms with van der Waals surface area (Å²) >= 11 is 3.64. The summed E-state index contributed by atoms with van der Waals surface area (Å²) < 4.78 is 18.8. The first-order chi connectivity index (χ1) is 14.8. The molecule has 0 radical (unpaired) electrons. The number of hydrogen-bond donors (Lipinski definition) is 1. The number of methoxy groups -OCH3 is 1. The highest BCUT2D eigenvalue weighted by molar-refractivity contribution is 9.10. The van der Waals surface area contributed by atoms with Gasteiger partial charge in [-0.1, -0.05) is 38.8 Å². The minimum atomic E-state index is -2.16. The Hall–Kier alpha value is -1.59. The number of halogens is 1. The molecule has 2 bridgehead atoms. The predicted octanol–water partition coefficient (Wildman–Crippen LogP) is 6.40. The van der Waals surface area contributed by atoms with Crippen LogP contribution in [0, 0.1) is 17.8 Å². The van der Waals surface area contributed by atoms with E-state index in [1.165, 1.54) is 7.11 Å². The first-order valence-corrected chi connectivity index (χ1v) is 14.5. The van der Waals surface area contributed by atoms with E-state index in [1.807, 2.05) is 13.0 Å². The fraction of sp³-hybridized carbons (Fsp3) is 0.560. The summed E-state index contributed by atoms with van der Waals surface area (Å²) in [6.07, 6.45) is 1.62. The lowest BCUT2D eigenvalue weighted by Gasteiger charge is -2.41. The molecule has 2 heterocycles. The second kappa shape index (κ2) is 10.6. The lowest BCUT2D eigenvalue weighted by atomic mass is 9.89. The molecule has 0 amide bonds. The van der Waals surface area contributed by atoms with E-state index in [0.717, 1.165) is 10.0 Å². The first kappa shape index (κ1) is 26.7. The van der Waals surface area contributed by atoms with Gasteiger partial charge in [-0.25, -0.2) is 4.79 Å². The Labute approximate surface area is 201 Å². The molecule has 5 nitrogen and oxygen atoms in total. The highest BCUT2D eigenvalue weighted by Gasteiger charge is 2.42. The molecule has 0 aromatic carbocycles. The number of aliphatic hydroxyl groups is 1. The topological polar surface area (TPSA) is 68.9 Å². The molecule has 0 aliphatic carbocycles. The average molecular weight is 524 g/mol. The van der Waals surface area contributed by atoms with Crippen molar-refractivity contribution in [3.8, 4) is 11.8 Å². The third-order valence-corrected chi connectivity index (χ3v) is 11.3. The van der Waals surface area contributed by atoms with E-state index in [-0.39, 0.29) is 23.5 Å². The molecule has 1 aromatic rings. The zero-order valence-electron chi connectivity index (χ0n) is 20.2. The van der Waals surface area contributed by atoms with Crippen molar-refractivity contribution in [1.82, 2.24) is 0 Å². The van der Waals surface area contributed by atoms with Crippen molar-refractivity contribution < 1.29 is 23.5 Å². The van der Waals surface area contributed by atoms with Crippen LogP contribution >= 0.6 is 15.9 Å². The van der Waals surface area contributed by atoms with E-state index in [0.29, 0.717) is 29.9 Å². The van der Waals surface area contributed by atoms with Crippen LogP contribution in [0.5, 0.6) is 0 Å². The second-order valence-corrected chi connectivity index (χ2v) is 15.5. The van der Waals surface area contributed by atoms with E-state index in [4.69, 9.17) is 13.6 Å². The summed E-state index contributed by atoms with van der Waals surface area (Å²) in [5, 5.41) is 10.3. The second-order valence-electron chi connectivity index (χ2n) is 9.85. The molecule has 1 aromatic heterocycles. The Bertz CT molecular complexity index is 942. The van der Waals surface area contributed by atoms with Crippen molar-refractivity contribution in [2.24, 2.45) is 5.92 Å². The van der Waals surface area contributed by atoms with Crippen molar-refractivity contribution in [1.29, 1.82) is 0 Å². The van der Waals surface area contributed by atoms with Crippen molar-refractivity contribution in [2.75, 3.05) is 7.11 Å². The molecule has 0 fully saturated rings. The van der Waals surface area contributed by atoms with Crippen LogP contribution < -0.4 is 0 Å². The molecule has 1 N–H and O–H groups in total. The van der Waals surface area contributed by atoms with Gasteiger partial charge in [-0.05, 0) is 59.5 Å². The third-order valence-electron chi connectivity index (χ3n) is 6.24. The summed E-state index contributed by atoms with van der Waals surface area (Å²) in [6, 6.07) is 1.82. The van der Waals surface area contributed by atoms with E-state index < -0.39 is 20.4 Å². The summed E-state index contributed by atoms with van der Waals surface area (Å²) in [5.74, 6) is 6.51. The van der Waals surface area contributed by atoms with Crippen LogP contribution in [0.2, 0.25) is 18.1 Å². The van der Waals surface area contributed by atoms with Gasteiger partial charge in [-0.3, -0.25) is 0 Å². The lowest BCUT2D eigenvalue weighted by Crippen LogP contribution is -2.43. The number of hydrogen-bond acceptors (Lipinski definition) is 5. The molecule has 0 unspecified atom stereocenters. The normalized spacial score (nSPS) is 24.0. The maximum Gasteiger partial charge on any atom is 0.333 e. The molecular weight excluding hydrogens is 488 g/mol. The Morgan fingerprint density at radius 3 is 2.59 bits per heavy atom. The first-order valence-electron chi connectivity index (χ1n) is 10.8. The van der Waals surface area contributed by atoms with Gasteiger partial charge in [0.1, 0.15) is 23.7 Å². The molecule has 7 heteroatoms. The number of esters is 1. The minimum absolute atomic E-state index is 0.0115. The SMILES string of the molecule is C=C(C)[C@@H]1CCC#C[C@@H](O)C/C(C(=O)OC)=C\c2cc(Br)c(o2)[C@@H]1O[Si](C)(C)C(C)(C)C. The number of carbonyl (C=O) groups is 1. The smallest absolute Gasteiger partial charge is 0.333 e. The molecule has 32 heavy (non-hydrogen) atoms. The van der Waals surface area contributed by atoms with Crippen molar-refractivity contribution in [3.63, 3.8) is 0 Å². The molecule has 2 rings (SSSR count). The van der Waals surface area contributed by atoms with E-state index in [2.05, 4.69) is 68.2 Å². The van der Waals surface area contributed by atoms with Crippen LogP contribution in [-0.2, 0) is 14.0 Å². The molecule has 1 aliphatic heterocycles. The van der Waals surface area contributed by atoms with E-state index in [9.17, 15) is 9.90 Å². The van der Waals surface area contributed by atoms with Crippen LogP contribution in [-0.4, -0.2) is 32.6 Å². The Morgan fingerprint density at radius 1 is 1.38 bits per heavy atom. The van der Waals surface area contributed by atoms with Gasteiger partial charge < -0.3 is 18.7 Å². The van der Waals surface area contributed by atoms with Crippen LogP contribution in [0.15, 0.2) is 32.7 Å². The maximum atomic E-state index is 12.3. The van der Waals surface area contributed by atoms with E-state index in [1.54, 1.807) is 6.08 Å². The van der Waals surface area contributed by atoms with Crippen LogP contribution in [0.25, 0.3) is 6.08 Å². The van der Waals surface area contributed by atoms with Crippen molar-refractivity contribution >= 4 is 36.3 Å². The van der Waals surface area contributed by atoms with Gasteiger partial charge in [-0.15, -0.1) is 5.92 Å². The molecule has 1 aliphatic rings. The summed E-state index contributed by atoms with van der Waals surface area (Å²) in [5.41, 5.74) is 1.28. The van der Waals surface area contributed by atoms with E-state index >= 15 is 0 Å². The van der Waals surface area contributed by atoms with Crippen LogP contribution in [0.1, 0.15) is 64.6 Å². The number of furan rings is 1. The molecule has 3 atom stereocenters. The number of ether oxygens (including phenoxy) is 1. The van der Waals surface area contributed by atoms with Gasteiger partial charge in [0, 0.05) is 24.3 Å². The average Bonchev–Trinajstić information content (AvgIpc) is 3.03. The largest absolute Gasteiger partial charge is 0.466 e. The fourth-order valence-corrected chi connectivity index (χ4v) is 5.11. The highest BCUT2D eigenvalue weighted by atomic mass is 79.9. The van der Waals surface area contributed by atoms with Crippen LogP contribution in [0.3, 0.4) is 0 Å². The Kier molecular flexibility index (Phi) is 8.80. The molecule has 0 saturated carbocycles. The quantitative estimate of drug-likeness (QED) is 0.214. The molecule has 176 valence electrons. The molecule has 0 saturated heterocycles.